The molecule has 0 N–H and O–H groups in total. The molecule has 0 atom stereocenters. The third kappa shape index (κ3) is 3.40. The van der Waals surface area contributed by atoms with Gasteiger partial charge in [0.2, 0.25) is 0 Å². The molecule has 24 heavy (non-hydrogen) atoms. The summed E-state index contributed by atoms with van der Waals surface area (Å²) in [6.07, 6.45) is 4.92. The number of hydrogen-bond acceptors (Lipinski definition) is 4. The number of benzene rings is 1. The van der Waals surface area contributed by atoms with Crippen LogP contribution in [0.1, 0.15) is 32.1 Å². The lowest BCUT2D eigenvalue weighted by Gasteiger charge is -2.17. The Hall–Kier alpha value is -2.02. The first-order valence-electron chi connectivity index (χ1n) is 8.03. The monoisotopic (exact) mass is 350 g/mol. The number of para-hydroxylation sites is 1. The Morgan fingerprint density at radius 3 is 2.79 bits per heavy atom. The summed E-state index contributed by atoms with van der Waals surface area (Å²) < 4.78 is 21.0. The number of carbonyl (C=O) groups is 2. The van der Waals surface area contributed by atoms with Gasteiger partial charge in [-0.2, -0.15) is 4.99 Å². The van der Waals surface area contributed by atoms with E-state index in [1.54, 1.807) is 12.1 Å². The number of methoxy groups -OCH3 is 1. The smallest absolute Gasteiger partial charge is 0.325 e. The van der Waals surface area contributed by atoms with Gasteiger partial charge in [-0.25, -0.2) is 4.39 Å². The van der Waals surface area contributed by atoms with E-state index >= 15 is 0 Å². The molecule has 1 heterocycles. The van der Waals surface area contributed by atoms with Crippen LogP contribution in [-0.2, 0) is 20.9 Å². The molecule has 1 fully saturated rings. The molecular formula is C17H19FN2O3S. The van der Waals surface area contributed by atoms with Crippen LogP contribution in [-0.4, -0.2) is 23.6 Å². The maximum atomic E-state index is 14.2. The van der Waals surface area contributed by atoms with E-state index in [1.807, 2.05) is 0 Å². The minimum Gasteiger partial charge on any atom is -0.468 e. The second-order valence-electron chi connectivity index (χ2n) is 5.92. The molecule has 2 aromatic rings. The van der Waals surface area contributed by atoms with Crippen molar-refractivity contribution in [2.24, 2.45) is 10.9 Å². The second kappa shape index (κ2) is 7.25. The molecule has 1 aromatic carbocycles. The Balaban J connectivity index is 2.07. The van der Waals surface area contributed by atoms with Gasteiger partial charge in [-0.1, -0.05) is 36.7 Å². The van der Waals surface area contributed by atoms with Crippen LogP contribution in [0.5, 0.6) is 0 Å². The third-order valence-electron chi connectivity index (χ3n) is 4.33. The molecule has 1 aliphatic carbocycles. The van der Waals surface area contributed by atoms with Crippen molar-refractivity contribution < 1.29 is 18.7 Å². The normalized spacial score (nSPS) is 16.5. The van der Waals surface area contributed by atoms with Crippen molar-refractivity contribution in [2.45, 2.75) is 38.6 Å². The lowest BCUT2D eigenvalue weighted by Crippen LogP contribution is -2.25. The minimum atomic E-state index is -0.510. The molecule has 0 aliphatic heterocycles. The summed E-state index contributed by atoms with van der Waals surface area (Å²) >= 11 is 1.21. The largest absolute Gasteiger partial charge is 0.468 e. The molecule has 0 radical (unpaired) electrons. The highest BCUT2D eigenvalue weighted by Gasteiger charge is 2.21. The summed E-state index contributed by atoms with van der Waals surface area (Å²) in [5.41, 5.74) is 0.281. The Morgan fingerprint density at radius 1 is 1.33 bits per heavy atom. The SMILES string of the molecule is COC(=O)Cn1c(=NC(=O)C2CCCCC2)sc2cccc(F)c21. The number of thiazole rings is 1. The van der Waals surface area contributed by atoms with Crippen LogP contribution in [0.4, 0.5) is 4.39 Å². The van der Waals surface area contributed by atoms with E-state index < -0.39 is 11.8 Å². The van der Waals surface area contributed by atoms with Gasteiger partial charge in [0.25, 0.3) is 5.91 Å². The minimum absolute atomic E-state index is 0.0691. The first kappa shape index (κ1) is 16.8. The quantitative estimate of drug-likeness (QED) is 0.800. The molecule has 3 rings (SSSR count). The number of carbonyl (C=O) groups excluding carboxylic acids is 2. The van der Waals surface area contributed by atoms with Gasteiger partial charge in [0, 0.05) is 5.92 Å². The number of aromatic nitrogens is 1. The van der Waals surface area contributed by atoms with Crippen molar-refractivity contribution in [1.29, 1.82) is 0 Å². The van der Waals surface area contributed by atoms with Gasteiger partial charge in [-0.3, -0.25) is 9.59 Å². The highest BCUT2D eigenvalue weighted by atomic mass is 32.1. The third-order valence-corrected chi connectivity index (χ3v) is 5.37. The predicted octanol–water partition coefficient (Wildman–Crippen LogP) is 3.02. The Labute approximate surface area is 142 Å². The van der Waals surface area contributed by atoms with Gasteiger partial charge in [-0.15, -0.1) is 0 Å². The fourth-order valence-corrected chi connectivity index (χ4v) is 4.10. The number of nitrogens with zero attached hydrogens (tertiary/aromatic N) is 2. The molecule has 0 bridgehead atoms. The first-order chi connectivity index (χ1) is 11.6. The van der Waals surface area contributed by atoms with E-state index in [4.69, 9.17) is 0 Å². The zero-order chi connectivity index (χ0) is 17.1. The Bertz CT molecular complexity index is 834. The molecule has 1 amide bonds. The summed E-state index contributed by atoms with van der Waals surface area (Å²) in [6, 6.07) is 4.68. The number of esters is 1. The van der Waals surface area contributed by atoms with Crippen molar-refractivity contribution in [2.75, 3.05) is 7.11 Å². The van der Waals surface area contributed by atoms with E-state index in [0.717, 1.165) is 32.1 Å². The fraction of sp³-hybridized carbons (Fsp3) is 0.471. The topological polar surface area (TPSA) is 60.7 Å². The van der Waals surface area contributed by atoms with Crippen LogP contribution >= 0.6 is 11.3 Å². The average molecular weight is 350 g/mol. The summed E-state index contributed by atoms with van der Waals surface area (Å²) in [5, 5.41) is 0. The molecule has 0 unspecified atom stereocenters. The Morgan fingerprint density at radius 2 is 2.08 bits per heavy atom. The van der Waals surface area contributed by atoms with Crippen LogP contribution in [0, 0.1) is 11.7 Å². The molecule has 1 saturated carbocycles. The van der Waals surface area contributed by atoms with Gasteiger partial charge in [0.05, 0.1) is 17.3 Å². The standard InChI is InChI=1S/C17H19FN2O3S/c1-23-14(21)10-20-15-12(18)8-5-9-13(15)24-17(20)19-16(22)11-6-3-2-4-7-11/h5,8-9,11H,2-4,6-7,10H2,1H3. The molecule has 7 heteroatoms. The van der Waals surface area contributed by atoms with Crippen molar-refractivity contribution in [3.05, 3.63) is 28.8 Å². The summed E-state index contributed by atoms with van der Waals surface area (Å²) in [7, 11) is 1.28. The number of hydrogen-bond donors (Lipinski definition) is 0. The van der Waals surface area contributed by atoms with Crippen LogP contribution in [0.2, 0.25) is 0 Å². The first-order valence-corrected chi connectivity index (χ1v) is 8.85. The van der Waals surface area contributed by atoms with Gasteiger partial charge in [0.15, 0.2) is 4.80 Å². The summed E-state index contributed by atoms with van der Waals surface area (Å²) in [5.74, 6) is -1.20. The van der Waals surface area contributed by atoms with Crippen LogP contribution in [0.15, 0.2) is 23.2 Å². The maximum Gasteiger partial charge on any atom is 0.325 e. The molecule has 0 spiro atoms. The van der Waals surface area contributed by atoms with Gasteiger partial charge in [-0.05, 0) is 25.0 Å². The van der Waals surface area contributed by atoms with Gasteiger partial charge < -0.3 is 9.30 Å². The highest BCUT2D eigenvalue weighted by molar-refractivity contribution is 7.16. The van der Waals surface area contributed by atoms with E-state index in [2.05, 4.69) is 9.73 Å². The Kier molecular flexibility index (Phi) is 5.08. The maximum absolute atomic E-state index is 14.2. The average Bonchev–Trinajstić information content (AvgIpc) is 2.94. The predicted molar refractivity (Wildman–Crippen MR) is 88.9 cm³/mol. The zero-order valence-corrected chi connectivity index (χ0v) is 14.3. The van der Waals surface area contributed by atoms with E-state index in [9.17, 15) is 14.0 Å². The number of halogens is 1. The molecule has 0 saturated heterocycles. The number of ether oxygens (including phenoxy) is 1. The van der Waals surface area contributed by atoms with Crippen molar-refractivity contribution in [1.82, 2.24) is 4.57 Å². The molecular weight excluding hydrogens is 331 g/mol. The van der Waals surface area contributed by atoms with E-state index in [0.29, 0.717) is 9.50 Å². The second-order valence-corrected chi connectivity index (χ2v) is 6.93. The van der Waals surface area contributed by atoms with Crippen molar-refractivity contribution in [3.8, 4) is 0 Å². The molecule has 5 nitrogen and oxygen atoms in total. The van der Waals surface area contributed by atoms with E-state index in [-0.39, 0.29) is 23.9 Å². The molecule has 128 valence electrons. The van der Waals surface area contributed by atoms with Crippen LogP contribution in [0.3, 0.4) is 0 Å². The van der Waals surface area contributed by atoms with E-state index in [1.165, 1.54) is 29.1 Å². The van der Waals surface area contributed by atoms with Gasteiger partial charge in [0.1, 0.15) is 12.4 Å². The number of fused-ring (bicyclic) bond motifs is 1. The molecule has 1 aromatic heterocycles. The van der Waals surface area contributed by atoms with Crippen molar-refractivity contribution in [3.63, 3.8) is 0 Å². The zero-order valence-electron chi connectivity index (χ0n) is 13.5. The highest BCUT2D eigenvalue weighted by Crippen LogP contribution is 2.25. The number of rotatable bonds is 3. The lowest BCUT2D eigenvalue weighted by molar-refractivity contribution is -0.141. The summed E-state index contributed by atoms with van der Waals surface area (Å²) in [4.78, 5) is 28.7. The van der Waals surface area contributed by atoms with Crippen LogP contribution in [0.25, 0.3) is 10.2 Å². The van der Waals surface area contributed by atoms with Crippen molar-refractivity contribution >= 4 is 33.4 Å². The number of amides is 1. The van der Waals surface area contributed by atoms with Crippen LogP contribution < -0.4 is 4.80 Å². The summed E-state index contributed by atoms with van der Waals surface area (Å²) in [6.45, 7) is -0.172. The lowest BCUT2D eigenvalue weighted by atomic mass is 9.89. The fourth-order valence-electron chi connectivity index (χ4n) is 3.05. The molecule has 1 aliphatic rings. The van der Waals surface area contributed by atoms with Gasteiger partial charge >= 0.3 is 5.97 Å².